The lowest BCUT2D eigenvalue weighted by molar-refractivity contribution is -0.193. The number of aromatic nitrogens is 4. The molecule has 0 aromatic carbocycles. The molecule has 1 atom stereocenters. The summed E-state index contributed by atoms with van der Waals surface area (Å²) < 4.78 is 67.7. The maximum atomic E-state index is 10.6. The molecule has 1 aliphatic heterocycles. The van der Waals surface area contributed by atoms with E-state index in [1.54, 1.807) is 0 Å². The molecular formula is C22H32F6N6O4. The normalized spacial score (nSPS) is 15.7. The third-order valence-corrected chi connectivity index (χ3v) is 5.53. The number of rotatable bonds is 8. The van der Waals surface area contributed by atoms with E-state index in [0.29, 0.717) is 6.04 Å². The van der Waals surface area contributed by atoms with Crippen molar-refractivity contribution in [3.05, 3.63) is 35.9 Å². The summed E-state index contributed by atoms with van der Waals surface area (Å²) in [4.78, 5) is 22.8. The smallest absolute Gasteiger partial charge is 0.475 e. The molecule has 0 saturated carbocycles. The summed E-state index contributed by atoms with van der Waals surface area (Å²) in [5.41, 5.74) is 2.63. The van der Waals surface area contributed by atoms with Crippen LogP contribution in [0.25, 0.3) is 0 Å². The molecule has 0 bridgehead atoms. The minimum absolute atomic E-state index is 0.463. The Morgan fingerprint density at radius 3 is 2.03 bits per heavy atom. The first-order valence-corrected chi connectivity index (χ1v) is 11.7. The number of alkyl halides is 6. The molecule has 38 heavy (non-hydrogen) atoms. The Bertz CT molecular complexity index is 979. The number of carboxylic acids is 2. The molecule has 0 fully saturated rings. The van der Waals surface area contributed by atoms with Gasteiger partial charge in [0.25, 0.3) is 0 Å². The van der Waals surface area contributed by atoms with Crippen molar-refractivity contribution in [2.75, 3.05) is 26.2 Å². The van der Waals surface area contributed by atoms with E-state index in [1.165, 1.54) is 11.3 Å². The first kappa shape index (κ1) is 32.9. The molecule has 3 heterocycles. The lowest BCUT2D eigenvalue weighted by Gasteiger charge is -2.34. The highest BCUT2D eigenvalue weighted by atomic mass is 19.4. The molecule has 216 valence electrons. The van der Waals surface area contributed by atoms with Gasteiger partial charge >= 0.3 is 24.3 Å². The fourth-order valence-electron chi connectivity index (χ4n) is 3.59. The van der Waals surface area contributed by atoms with Crippen LogP contribution in [0.3, 0.4) is 0 Å². The maximum Gasteiger partial charge on any atom is 0.490 e. The Labute approximate surface area is 215 Å². The standard InChI is InChI=1S/C18H30N6.2C2HF3O2/c1-4-21(5-2)10-8-18-15-22(14-17-7-9-19-24(17)18)12-16-11-20-23(6-3)13-16;2*3-2(4,5)1(6)7/h7,9,11,13,18H,4-6,8,10,12,14-15H2,1-3H3;2*(H,6,7). The van der Waals surface area contributed by atoms with Crippen LogP contribution in [0.2, 0.25) is 0 Å². The second kappa shape index (κ2) is 14.7. The number of fused-ring (bicyclic) bond motifs is 1. The van der Waals surface area contributed by atoms with Gasteiger partial charge in [0.05, 0.1) is 17.9 Å². The highest BCUT2D eigenvalue weighted by Crippen LogP contribution is 2.24. The molecule has 10 nitrogen and oxygen atoms in total. The van der Waals surface area contributed by atoms with Gasteiger partial charge in [-0.25, -0.2) is 9.59 Å². The topological polar surface area (TPSA) is 117 Å². The molecule has 16 heteroatoms. The van der Waals surface area contributed by atoms with Crippen molar-refractivity contribution < 1.29 is 46.1 Å². The number of halogens is 6. The predicted molar refractivity (Wildman–Crippen MR) is 123 cm³/mol. The Morgan fingerprint density at radius 2 is 1.58 bits per heavy atom. The van der Waals surface area contributed by atoms with Crippen LogP contribution in [0.15, 0.2) is 24.7 Å². The van der Waals surface area contributed by atoms with Crippen molar-refractivity contribution in [1.82, 2.24) is 29.4 Å². The molecule has 2 aromatic rings. The van der Waals surface area contributed by atoms with Crippen LogP contribution in [0.5, 0.6) is 0 Å². The van der Waals surface area contributed by atoms with E-state index in [-0.39, 0.29) is 0 Å². The van der Waals surface area contributed by atoms with E-state index < -0.39 is 24.3 Å². The largest absolute Gasteiger partial charge is 0.490 e. The van der Waals surface area contributed by atoms with Crippen molar-refractivity contribution in [3.63, 3.8) is 0 Å². The number of aryl methyl sites for hydroxylation is 1. The van der Waals surface area contributed by atoms with Crippen molar-refractivity contribution in [1.29, 1.82) is 0 Å². The van der Waals surface area contributed by atoms with Crippen molar-refractivity contribution in [2.45, 2.75) is 65.2 Å². The number of aliphatic carboxylic acids is 2. The second-order valence-corrected chi connectivity index (χ2v) is 8.22. The third-order valence-electron chi connectivity index (χ3n) is 5.53. The Balaban J connectivity index is 0.000000426. The molecule has 3 rings (SSSR count). The molecular weight excluding hydrogens is 526 g/mol. The summed E-state index contributed by atoms with van der Waals surface area (Å²) in [5.74, 6) is -5.51. The zero-order chi connectivity index (χ0) is 29.1. The average Bonchev–Trinajstić information content (AvgIpc) is 3.48. The van der Waals surface area contributed by atoms with E-state index in [0.717, 1.165) is 52.2 Å². The second-order valence-electron chi connectivity index (χ2n) is 8.22. The van der Waals surface area contributed by atoms with Crippen molar-refractivity contribution >= 4 is 11.9 Å². The third kappa shape index (κ3) is 11.1. The zero-order valence-corrected chi connectivity index (χ0v) is 21.2. The summed E-state index contributed by atoms with van der Waals surface area (Å²) in [6.45, 7) is 13.9. The summed E-state index contributed by atoms with van der Waals surface area (Å²) in [5, 5.41) is 23.2. The van der Waals surface area contributed by atoms with Crippen LogP contribution in [-0.4, -0.2) is 90.0 Å². The SMILES string of the molecule is CCN(CC)CCC1CN(Cc2cnn(CC)c2)Cc2ccnn21.O=C(O)C(F)(F)F.O=C(O)C(F)(F)F. The minimum atomic E-state index is -5.08. The van der Waals surface area contributed by atoms with Gasteiger partial charge in [-0.15, -0.1) is 0 Å². The van der Waals surface area contributed by atoms with Gasteiger partial charge in [0.1, 0.15) is 0 Å². The van der Waals surface area contributed by atoms with Crippen LogP contribution in [0.1, 0.15) is 44.5 Å². The van der Waals surface area contributed by atoms with Gasteiger partial charge in [-0.3, -0.25) is 14.3 Å². The molecule has 1 aliphatic rings. The van der Waals surface area contributed by atoms with Gasteiger partial charge < -0.3 is 15.1 Å². The number of hydrogen-bond donors (Lipinski definition) is 2. The number of carboxylic acid groups (broad SMARTS) is 2. The van der Waals surface area contributed by atoms with E-state index in [9.17, 15) is 26.3 Å². The van der Waals surface area contributed by atoms with E-state index in [2.05, 4.69) is 57.7 Å². The Morgan fingerprint density at radius 1 is 1.03 bits per heavy atom. The van der Waals surface area contributed by atoms with E-state index in [4.69, 9.17) is 19.8 Å². The van der Waals surface area contributed by atoms with Crippen LogP contribution in [0.4, 0.5) is 26.3 Å². The van der Waals surface area contributed by atoms with Crippen LogP contribution in [0, 0.1) is 0 Å². The van der Waals surface area contributed by atoms with Crippen LogP contribution >= 0.6 is 0 Å². The molecule has 2 N–H and O–H groups in total. The molecule has 0 spiro atoms. The van der Waals surface area contributed by atoms with Gasteiger partial charge in [0, 0.05) is 50.7 Å². The summed E-state index contributed by atoms with van der Waals surface area (Å²) in [7, 11) is 0. The lowest BCUT2D eigenvalue weighted by atomic mass is 10.1. The van der Waals surface area contributed by atoms with Crippen molar-refractivity contribution in [3.8, 4) is 0 Å². The molecule has 1 unspecified atom stereocenters. The van der Waals surface area contributed by atoms with Gasteiger partial charge in [0.2, 0.25) is 0 Å². The molecule has 2 aromatic heterocycles. The van der Waals surface area contributed by atoms with Gasteiger partial charge in [-0.05, 0) is 32.5 Å². The first-order chi connectivity index (χ1) is 17.6. The van der Waals surface area contributed by atoms with Crippen molar-refractivity contribution in [2.24, 2.45) is 0 Å². The highest BCUT2D eigenvalue weighted by molar-refractivity contribution is 5.73. The van der Waals surface area contributed by atoms with Crippen LogP contribution < -0.4 is 0 Å². The van der Waals surface area contributed by atoms with Gasteiger partial charge in [-0.1, -0.05) is 13.8 Å². The van der Waals surface area contributed by atoms with Crippen LogP contribution in [-0.2, 0) is 29.2 Å². The number of nitrogens with zero attached hydrogens (tertiary/aromatic N) is 6. The van der Waals surface area contributed by atoms with Gasteiger partial charge in [-0.2, -0.15) is 36.5 Å². The fraction of sp³-hybridized carbons (Fsp3) is 0.636. The molecule has 0 radical (unpaired) electrons. The summed E-state index contributed by atoms with van der Waals surface area (Å²) in [6.07, 6.45) is -2.91. The maximum absolute atomic E-state index is 10.6. The van der Waals surface area contributed by atoms with Gasteiger partial charge in [0.15, 0.2) is 0 Å². The molecule has 0 saturated heterocycles. The fourth-order valence-corrected chi connectivity index (χ4v) is 3.59. The highest BCUT2D eigenvalue weighted by Gasteiger charge is 2.38. The lowest BCUT2D eigenvalue weighted by Crippen LogP contribution is -2.39. The quantitative estimate of drug-likeness (QED) is 0.472. The monoisotopic (exact) mass is 558 g/mol. The zero-order valence-electron chi connectivity index (χ0n) is 21.2. The predicted octanol–water partition coefficient (Wildman–Crippen LogP) is 3.65. The minimum Gasteiger partial charge on any atom is -0.475 e. The average molecular weight is 559 g/mol. The van der Waals surface area contributed by atoms with E-state index >= 15 is 0 Å². The molecule has 0 amide bonds. The number of hydrogen-bond acceptors (Lipinski definition) is 6. The Hall–Kier alpha value is -3.14. The first-order valence-electron chi connectivity index (χ1n) is 11.7. The number of carbonyl (C=O) groups is 2. The Kier molecular flexibility index (Phi) is 12.7. The summed E-state index contributed by atoms with van der Waals surface area (Å²) >= 11 is 0. The van der Waals surface area contributed by atoms with E-state index in [1.807, 2.05) is 17.1 Å². The summed E-state index contributed by atoms with van der Waals surface area (Å²) in [6, 6.07) is 2.62. The molecule has 0 aliphatic carbocycles.